The van der Waals surface area contributed by atoms with Gasteiger partial charge in [0.2, 0.25) is 0 Å². The number of quaternary nitrogens is 1. The maximum Gasteiger partial charge on any atom is 0.472 e. The van der Waals surface area contributed by atoms with Crippen LogP contribution in [0, 0.1) is 0 Å². The van der Waals surface area contributed by atoms with Crippen molar-refractivity contribution in [2.75, 3.05) is 54.1 Å². The smallest absolute Gasteiger partial charge is 0.457 e. The monoisotopic (exact) mass is 919 g/mol. The van der Waals surface area contributed by atoms with Gasteiger partial charge in [-0.15, -0.1) is 0 Å². The summed E-state index contributed by atoms with van der Waals surface area (Å²) >= 11 is 0. The van der Waals surface area contributed by atoms with E-state index in [9.17, 15) is 14.3 Å². The topological polar surface area (TPSA) is 91.3 Å². The summed E-state index contributed by atoms with van der Waals surface area (Å²) in [7, 11) is 1.64. The largest absolute Gasteiger partial charge is 0.472 e. The molecule has 0 aromatic heterocycles. The van der Waals surface area contributed by atoms with E-state index in [4.69, 9.17) is 18.5 Å². The zero-order valence-electron chi connectivity index (χ0n) is 42.3. The molecule has 0 aromatic carbocycles. The zero-order valence-corrected chi connectivity index (χ0v) is 43.1. The summed E-state index contributed by atoms with van der Waals surface area (Å²) in [5.74, 6) is -0.354. The van der Waals surface area contributed by atoms with Crippen molar-refractivity contribution in [1.29, 1.82) is 0 Å². The molecule has 9 heteroatoms. The van der Waals surface area contributed by atoms with Gasteiger partial charge in [-0.05, 0) is 64.2 Å². The van der Waals surface area contributed by atoms with E-state index in [0.29, 0.717) is 24.1 Å². The van der Waals surface area contributed by atoms with E-state index in [0.717, 1.165) is 64.2 Å². The van der Waals surface area contributed by atoms with Crippen molar-refractivity contribution in [2.24, 2.45) is 0 Å². The molecule has 2 atom stereocenters. The van der Waals surface area contributed by atoms with Gasteiger partial charge in [0.1, 0.15) is 19.3 Å². The molecule has 1 N–H and O–H groups in total. The minimum Gasteiger partial charge on any atom is -0.457 e. The molecular formula is C55H101NO7P+. The average Bonchev–Trinajstić information content (AvgIpc) is 3.25. The fourth-order valence-corrected chi connectivity index (χ4v) is 7.77. The number of nitrogens with zero attached hydrogens (tertiary/aromatic N) is 1. The second-order valence-electron chi connectivity index (χ2n) is 18.5. The Labute approximate surface area is 395 Å². The fourth-order valence-electron chi connectivity index (χ4n) is 7.03. The molecule has 0 amide bonds. The van der Waals surface area contributed by atoms with E-state index in [1.807, 2.05) is 21.1 Å². The lowest BCUT2D eigenvalue weighted by molar-refractivity contribution is -0.870. The zero-order chi connectivity index (χ0) is 46.9. The second-order valence-corrected chi connectivity index (χ2v) is 20.0. The van der Waals surface area contributed by atoms with Crippen molar-refractivity contribution in [3.8, 4) is 0 Å². The summed E-state index contributed by atoms with van der Waals surface area (Å²) in [4.78, 5) is 23.0. The Hall–Kier alpha value is -2.06. The standard InChI is InChI=1S/C55H100NO7P/c1-6-8-10-12-14-16-18-20-22-24-26-28-30-32-34-36-38-40-42-44-46-48-55(57)63-54(53-62-64(58,59)61-51-49-56(3,4)5)52-60-50-47-45-43-41-39-37-35-33-31-29-27-25-23-21-19-17-15-13-11-9-7-2/h8,10,14,16,20,22,26,28,32,34,38,40,54H,6-7,9,11-13,15,17-19,21,23-25,27,29-31,33,35-37,39,41-53H2,1-5H3/p+1/b10-8-,16-14-,22-20-,28-26-,34-32-,40-38-. The summed E-state index contributed by atoms with van der Waals surface area (Å²) in [6.07, 6.45) is 62.4. The first-order valence-electron chi connectivity index (χ1n) is 26.2. The van der Waals surface area contributed by atoms with Gasteiger partial charge >= 0.3 is 13.8 Å². The Balaban J connectivity index is 4.21. The van der Waals surface area contributed by atoms with Crippen LogP contribution in [-0.2, 0) is 27.9 Å². The first-order chi connectivity index (χ1) is 31.1. The minimum absolute atomic E-state index is 0.0778. The molecule has 0 aromatic rings. The molecule has 0 saturated heterocycles. The van der Waals surface area contributed by atoms with Crippen molar-refractivity contribution in [3.05, 3.63) is 72.9 Å². The number of carbonyl (C=O) groups excluding carboxylic acids is 1. The summed E-state index contributed by atoms with van der Waals surface area (Å²) < 4.78 is 35.1. The normalized spacial score (nSPS) is 14.2. The first kappa shape index (κ1) is 61.9. The molecule has 0 aliphatic rings. The maximum absolute atomic E-state index is 12.8. The molecule has 2 unspecified atom stereocenters. The lowest BCUT2D eigenvalue weighted by Crippen LogP contribution is -2.37. The van der Waals surface area contributed by atoms with E-state index in [2.05, 4.69) is 86.8 Å². The summed E-state index contributed by atoms with van der Waals surface area (Å²) in [6, 6.07) is 0. The van der Waals surface area contributed by atoms with E-state index in [1.54, 1.807) is 0 Å². The van der Waals surface area contributed by atoms with Crippen LogP contribution in [-0.4, -0.2) is 75.6 Å². The van der Waals surface area contributed by atoms with Gasteiger partial charge in [0.15, 0.2) is 0 Å². The molecule has 0 saturated carbocycles. The van der Waals surface area contributed by atoms with Gasteiger partial charge in [0.05, 0.1) is 34.4 Å². The molecule has 0 aliphatic carbocycles. The molecule has 0 radical (unpaired) electrons. The number of unbranched alkanes of at least 4 members (excludes halogenated alkanes) is 22. The quantitative estimate of drug-likeness (QED) is 0.0214. The van der Waals surface area contributed by atoms with Crippen LogP contribution in [0.15, 0.2) is 72.9 Å². The first-order valence-corrected chi connectivity index (χ1v) is 27.7. The van der Waals surface area contributed by atoms with Crippen molar-refractivity contribution < 1.29 is 37.3 Å². The number of hydrogen-bond donors (Lipinski definition) is 1. The van der Waals surface area contributed by atoms with Crippen molar-refractivity contribution >= 4 is 13.8 Å². The number of phosphoric ester groups is 1. The fraction of sp³-hybridized carbons (Fsp3) is 0.764. The van der Waals surface area contributed by atoms with Crippen LogP contribution in [0.3, 0.4) is 0 Å². The third-order valence-electron chi connectivity index (χ3n) is 11.0. The number of carbonyl (C=O) groups is 1. The number of ether oxygens (including phenoxy) is 2. The highest BCUT2D eigenvalue weighted by Gasteiger charge is 2.26. The number of hydrogen-bond acceptors (Lipinski definition) is 6. The van der Waals surface area contributed by atoms with Gasteiger partial charge in [-0.3, -0.25) is 13.8 Å². The van der Waals surface area contributed by atoms with Crippen LogP contribution in [0.2, 0.25) is 0 Å². The van der Waals surface area contributed by atoms with E-state index in [-0.39, 0.29) is 32.2 Å². The van der Waals surface area contributed by atoms with Crippen LogP contribution < -0.4 is 0 Å². The highest BCUT2D eigenvalue weighted by molar-refractivity contribution is 7.47. The van der Waals surface area contributed by atoms with E-state index < -0.39 is 13.9 Å². The van der Waals surface area contributed by atoms with Gasteiger partial charge in [-0.1, -0.05) is 215 Å². The van der Waals surface area contributed by atoms with Gasteiger partial charge in [-0.2, -0.15) is 0 Å². The molecule has 0 bridgehead atoms. The van der Waals surface area contributed by atoms with Gasteiger partial charge in [0, 0.05) is 13.0 Å². The highest BCUT2D eigenvalue weighted by atomic mass is 31.2. The molecule has 0 rings (SSSR count). The van der Waals surface area contributed by atoms with Gasteiger partial charge in [-0.25, -0.2) is 4.57 Å². The van der Waals surface area contributed by atoms with Gasteiger partial charge < -0.3 is 18.9 Å². The highest BCUT2D eigenvalue weighted by Crippen LogP contribution is 2.43. The van der Waals surface area contributed by atoms with E-state index >= 15 is 0 Å². The molecule has 64 heavy (non-hydrogen) atoms. The summed E-state index contributed by atoms with van der Waals surface area (Å²) in [5.41, 5.74) is 0. The number of esters is 1. The minimum atomic E-state index is -4.30. The average molecular weight is 919 g/mol. The van der Waals surface area contributed by atoms with Crippen molar-refractivity contribution in [1.82, 2.24) is 0 Å². The Morgan fingerprint density at radius 3 is 1.33 bits per heavy atom. The molecule has 0 aliphatic heterocycles. The predicted octanol–water partition coefficient (Wildman–Crippen LogP) is 16.2. The Morgan fingerprint density at radius 1 is 0.500 bits per heavy atom. The lowest BCUT2D eigenvalue weighted by atomic mass is 10.0. The molecule has 0 heterocycles. The van der Waals surface area contributed by atoms with Crippen LogP contribution in [0.4, 0.5) is 0 Å². The SMILES string of the molecule is CC/C=C\C/C=C\C/C=C\C/C=C\C/C=C\C/C=C\CCCCC(=O)OC(COCCCCCCCCCCCCCCCCCCCCCCC)COP(=O)(O)OCC[N+](C)(C)C. The number of allylic oxidation sites excluding steroid dienone is 12. The predicted molar refractivity (Wildman–Crippen MR) is 275 cm³/mol. The van der Waals surface area contributed by atoms with Crippen LogP contribution >= 0.6 is 7.82 Å². The number of likely N-dealkylation sites (N-methyl/N-ethyl adjacent to an activating group) is 1. The van der Waals surface area contributed by atoms with Gasteiger partial charge in [0.25, 0.3) is 0 Å². The van der Waals surface area contributed by atoms with Crippen LogP contribution in [0.25, 0.3) is 0 Å². The summed E-state index contributed by atoms with van der Waals surface area (Å²) in [5, 5.41) is 0. The lowest BCUT2D eigenvalue weighted by Gasteiger charge is -2.24. The Kier molecular flexibility index (Phi) is 45.9. The van der Waals surface area contributed by atoms with Crippen LogP contribution in [0.5, 0.6) is 0 Å². The van der Waals surface area contributed by atoms with E-state index in [1.165, 1.54) is 122 Å². The Morgan fingerprint density at radius 2 is 0.906 bits per heavy atom. The molecule has 0 spiro atoms. The van der Waals surface area contributed by atoms with Crippen molar-refractivity contribution in [2.45, 2.75) is 219 Å². The molecule has 372 valence electrons. The van der Waals surface area contributed by atoms with Crippen molar-refractivity contribution in [3.63, 3.8) is 0 Å². The summed E-state index contributed by atoms with van der Waals surface area (Å²) in [6.45, 7) is 5.47. The second kappa shape index (κ2) is 47.4. The molecule has 8 nitrogen and oxygen atoms in total. The molecule has 0 fully saturated rings. The van der Waals surface area contributed by atoms with Crippen LogP contribution in [0.1, 0.15) is 213 Å². The molecular weight excluding hydrogens is 818 g/mol. The third-order valence-corrected chi connectivity index (χ3v) is 12.0. The third kappa shape index (κ3) is 50.9. The number of phosphoric acid groups is 1. The number of rotatable bonds is 48. The maximum atomic E-state index is 12.8. The Bertz CT molecular complexity index is 1250.